The maximum Gasteiger partial charge on any atom is 0.308 e. The molecule has 1 aliphatic rings. The second kappa shape index (κ2) is 4.87. The average molecular weight is 256 g/mol. The van der Waals surface area contributed by atoms with Crippen molar-refractivity contribution in [2.75, 3.05) is 18.0 Å². The number of aryl methyl sites for hydroxylation is 1. The van der Waals surface area contributed by atoms with E-state index in [1.807, 2.05) is 17.9 Å². The lowest BCUT2D eigenvalue weighted by molar-refractivity contribution is -0.141. The van der Waals surface area contributed by atoms with Crippen molar-refractivity contribution >= 4 is 23.4 Å². The molecule has 1 N–H and O–H groups in total. The molecule has 0 aliphatic carbocycles. The Bertz CT molecular complexity index is 418. The summed E-state index contributed by atoms with van der Waals surface area (Å²) < 4.78 is 0. The summed E-state index contributed by atoms with van der Waals surface area (Å²) in [6.45, 7) is 3.15. The van der Waals surface area contributed by atoms with E-state index in [0.717, 1.165) is 25.1 Å². The van der Waals surface area contributed by atoms with Gasteiger partial charge in [0, 0.05) is 24.8 Å². The fraction of sp³-hybridized carbons (Fsp3) is 0.545. The molecule has 6 heteroatoms. The summed E-state index contributed by atoms with van der Waals surface area (Å²) in [6.07, 6.45) is 1.58. The molecule has 0 spiro atoms. The summed E-state index contributed by atoms with van der Waals surface area (Å²) >= 11 is 5.80. The first kappa shape index (κ1) is 12.1. The number of halogens is 1. The predicted octanol–water partition coefficient (Wildman–Crippen LogP) is 1.74. The highest BCUT2D eigenvalue weighted by Gasteiger charge is 2.26. The molecule has 92 valence electrons. The molecule has 1 aromatic rings. The standard InChI is InChI=1S/C11H14ClN3O2/c1-7-5-9(14-11(12)13-7)15-4-2-3-8(6-15)10(16)17/h5,8H,2-4,6H2,1H3,(H,16,17)/t8-/m0/s1. The van der Waals surface area contributed by atoms with Crippen LogP contribution in [0.1, 0.15) is 18.5 Å². The van der Waals surface area contributed by atoms with Crippen molar-refractivity contribution in [1.82, 2.24) is 9.97 Å². The monoisotopic (exact) mass is 255 g/mol. The zero-order valence-electron chi connectivity index (χ0n) is 9.56. The summed E-state index contributed by atoms with van der Waals surface area (Å²) in [4.78, 5) is 21.1. The van der Waals surface area contributed by atoms with Gasteiger partial charge in [-0.2, -0.15) is 0 Å². The SMILES string of the molecule is Cc1cc(N2CCC[C@H](C(=O)O)C2)nc(Cl)n1. The first-order valence-electron chi connectivity index (χ1n) is 5.55. The normalized spacial score (nSPS) is 20.4. The molecule has 0 unspecified atom stereocenters. The summed E-state index contributed by atoms with van der Waals surface area (Å²) in [5.41, 5.74) is 0.789. The Morgan fingerprint density at radius 3 is 3.00 bits per heavy atom. The number of nitrogens with zero attached hydrogens (tertiary/aromatic N) is 3. The molecule has 1 saturated heterocycles. The minimum Gasteiger partial charge on any atom is -0.481 e. The zero-order valence-corrected chi connectivity index (χ0v) is 10.3. The van der Waals surface area contributed by atoms with Crippen molar-refractivity contribution in [3.8, 4) is 0 Å². The Hall–Kier alpha value is -1.36. The summed E-state index contributed by atoms with van der Waals surface area (Å²) in [5.74, 6) is -0.349. The molecule has 1 atom stereocenters. The van der Waals surface area contributed by atoms with Gasteiger partial charge in [-0.25, -0.2) is 9.97 Å². The van der Waals surface area contributed by atoms with E-state index >= 15 is 0 Å². The highest BCUT2D eigenvalue weighted by molar-refractivity contribution is 6.28. The minimum absolute atomic E-state index is 0.206. The van der Waals surface area contributed by atoms with Gasteiger partial charge >= 0.3 is 5.97 Å². The molecule has 2 heterocycles. The maximum absolute atomic E-state index is 11.0. The molecule has 0 radical (unpaired) electrons. The number of aromatic nitrogens is 2. The van der Waals surface area contributed by atoms with Crippen molar-refractivity contribution in [2.45, 2.75) is 19.8 Å². The van der Waals surface area contributed by atoms with Crippen LogP contribution in [0.15, 0.2) is 6.07 Å². The minimum atomic E-state index is -0.744. The second-order valence-electron chi connectivity index (χ2n) is 4.26. The first-order valence-corrected chi connectivity index (χ1v) is 5.93. The Morgan fingerprint density at radius 1 is 1.59 bits per heavy atom. The summed E-state index contributed by atoms with van der Waals surface area (Å²) in [6, 6.07) is 1.83. The Morgan fingerprint density at radius 2 is 2.35 bits per heavy atom. The molecule has 0 aromatic carbocycles. The molecule has 0 amide bonds. The molecular formula is C11H14ClN3O2. The van der Waals surface area contributed by atoms with Gasteiger partial charge < -0.3 is 10.0 Å². The zero-order chi connectivity index (χ0) is 12.4. The van der Waals surface area contributed by atoms with Crippen LogP contribution < -0.4 is 4.90 Å². The van der Waals surface area contributed by atoms with E-state index in [9.17, 15) is 4.79 Å². The predicted molar refractivity (Wildman–Crippen MR) is 64.4 cm³/mol. The highest BCUT2D eigenvalue weighted by atomic mass is 35.5. The Balaban J connectivity index is 2.18. The molecule has 1 aromatic heterocycles. The average Bonchev–Trinajstić information content (AvgIpc) is 2.28. The van der Waals surface area contributed by atoms with E-state index in [4.69, 9.17) is 16.7 Å². The van der Waals surface area contributed by atoms with Crippen molar-refractivity contribution < 1.29 is 9.90 Å². The number of carbonyl (C=O) groups is 1. The molecule has 0 saturated carbocycles. The quantitative estimate of drug-likeness (QED) is 0.816. The van der Waals surface area contributed by atoms with Gasteiger partial charge in [-0.05, 0) is 31.4 Å². The van der Waals surface area contributed by atoms with Crippen molar-refractivity contribution in [2.24, 2.45) is 5.92 Å². The lowest BCUT2D eigenvalue weighted by atomic mass is 9.98. The molecule has 1 fully saturated rings. The third-order valence-electron chi connectivity index (χ3n) is 2.91. The number of carboxylic acids is 1. The molecule has 1 aliphatic heterocycles. The van der Waals surface area contributed by atoms with Gasteiger partial charge in [0.25, 0.3) is 0 Å². The van der Waals surface area contributed by atoms with Crippen LogP contribution in [-0.2, 0) is 4.79 Å². The van der Waals surface area contributed by atoms with Crippen LogP contribution >= 0.6 is 11.6 Å². The van der Waals surface area contributed by atoms with Gasteiger partial charge in [0.05, 0.1) is 5.92 Å². The lowest BCUT2D eigenvalue weighted by Gasteiger charge is -2.31. The fourth-order valence-electron chi connectivity index (χ4n) is 2.07. The topological polar surface area (TPSA) is 66.3 Å². The highest BCUT2D eigenvalue weighted by Crippen LogP contribution is 2.23. The Kier molecular flexibility index (Phi) is 3.47. The van der Waals surface area contributed by atoms with E-state index in [0.29, 0.717) is 12.4 Å². The van der Waals surface area contributed by atoms with Crippen LogP contribution in [0.3, 0.4) is 0 Å². The van der Waals surface area contributed by atoms with Crippen LogP contribution in [0.2, 0.25) is 5.28 Å². The van der Waals surface area contributed by atoms with Crippen LogP contribution in [0.5, 0.6) is 0 Å². The summed E-state index contributed by atoms with van der Waals surface area (Å²) in [7, 11) is 0. The number of aliphatic carboxylic acids is 1. The van der Waals surface area contributed by atoms with Crippen molar-refractivity contribution in [1.29, 1.82) is 0 Å². The van der Waals surface area contributed by atoms with E-state index in [1.54, 1.807) is 0 Å². The number of rotatable bonds is 2. The van der Waals surface area contributed by atoms with E-state index < -0.39 is 5.97 Å². The third kappa shape index (κ3) is 2.85. The molecule has 0 bridgehead atoms. The maximum atomic E-state index is 11.0. The van der Waals surface area contributed by atoms with E-state index in [-0.39, 0.29) is 11.2 Å². The smallest absolute Gasteiger partial charge is 0.308 e. The molecular weight excluding hydrogens is 242 g/mol. The molecule has 17 heavy (non-hydrogen) atoms. The van der Waals surface area contributed by atoms with Gasteiger partial charge in [-0.3, -0.25) is 4.79 Å². The van der Waals surface area contributed by atoms with Crippen LogP contribution in [0.4, 0.5) is 5.82 Å². The number of hydrogen-bond acceptors (Lipinski definition) is 4. The van der Waals surface area contributed by atoms with Gasteiger partial charge in [0.1, 0.15) is 5.82 Å². The largest absolute Gasteiger partial charge is 0.481 e. The van der Waals surface area contributed by atoms with Gasteiger partial charge in [0.15, 0.2) is 0 Å². The first-order chi connectivity index (χ1) is 8.06. The van der Waals surface area contributed by atoms with Gasteiger partial charge in [-0.1, -0.05) is 0 Å². The van der Waals surface area contributed by atoms with Crippen LogP contribution in [0, 0.1) is 12.8 Å². The van der Waals surface area contributed by atoms with Gasteiger partial charge in [0.2, 0.25) is 5.28 Å². The van der Waals surface area contributed by atoms with Gasteiger partial charge in [-0.15, -0.1) is 0 Å². The second-order valence-corrected chi connectivity index (χ2v) is 4.60. The van der Waals surface area contributed by atoms with E-state index in [2.05, 4.69) is 9.97 Å². The van der Waals surface area contributed by atoms with Crippen molar-refractivity contribution in [3.05, 3.63) is 17.0 Å². The summed E-state index contributed by atoms with van der Waals surface area (Å²) in [5, 5.41) is 9.23. The van der Waals surface area contributed by atoms with Crippen LogP contribution in [0.25, 0.3) is 0 Å². The molecule has 2 rings (SSSR count). The van der Waals surface area contributed by atoms with E-state index in [1.165, 1.54) is 0 Å². The number of hydrogen-bond donors (Lipinski definition) is 1. The Labute approximate surface area is 104 Å². The van der Waals surface area contributed by atoms with Crippen molar-refractivity contribution in [3.63, 3.8) is 0 Å². The number of anilines is 1. The third-order valence-corrected chi connectivity index (χ3v) is 3.08. The molecule has 5 nitrogen and oxygen atoms in total. The number of piperidine rings is 1. The fourth-order valence-corrected chi connectivity index (χ4v) is 2.29. The van der Waals surface area contributed by atoms with Crippen LogP contribution in [-0.4, -0.2) is 34.1 Å². The number of carboxylic acid groups (broad SMARTS) is 1. The lowest BCUT2D eigenvalue weighted by Crippen LogP contribution is -2.39.